The van der Waals surface area contributed by atoms with Crippen molar-refractivity contribution < 1.29 is 4.74 Å². The number of methoxy groups -OCH3 is 1. The van der Waals surface area contributed by atoms with E-state index < -0.39 is 0 Å². The highest BCUT2D eigenvalue weighted by Crippen LogP contribution is 2.30. The average molecular weight is 242 g/mol. The molecule has 1 aromatic rings. The Labute approximate surface area is 102 Å². The quantitative estimate of drug-likeness (QED) is 0.832. The molecule has 1 N–H and O–H groups in total. The molecule has 0 aliphatic heterocycles. The van der Waals surface area contributed by atoms with Crippen molar-refractivity contribution in [2.24, 2.45) is 0 Å². The molecule has 1 rings (SSSR count). The third-order valence-corrected chi connectivity index (χ3v) is 4.16. The van der Waals surface area contributed by atoms with Gasteiger partial charge in [0.1, 0.15) is 10.6 Å². The predicted octanol–water partition coefficient (Wildman–Crippen LogP) is 3.09. The van der Waals surface area contributed by atoms with Crippen molar-refractivity contribution in [2.75, 3.05) is 13.7 Å². The molecule has 1 unspecified atom stereocenters. The molecule has 1 aromatic heterocycles. The van der Waals surface area contributed by atoms with Gasteiger partial charge in [-0.25, -0.2) is 4.98 Å². The molecule has 3 nitrogen and oxygen atoms in total. The van der Waals surface area contributed by atoms with Gasteiger partial charge in [0.15, 0.2) is 0 Å². The summed E-state index contributed by atoms with van der Waals surface area (Å²) in [6.45, 7) is 9.47. The van der Waals surface area contributed by atoms with Crippen molar-refractivity contribution in [1.29, 1.82) is 0 Å². The predicted molar refractivity (Wildman–Crippen MR) is 68.9 cm³/mol. The largest absolute Gasteiger partial charge is 0.372 e. The van der Waals surface area contributed by atoms with Gasteiger partial charge in [-0.3, -0.25) is 0 Å². The third kappa shape index (κ3) is 3.27. The van der Waals surface area contributed by atoms with E-state index in [-0.39, 0.29) is 5.60 Å². The van der Waals surface area contributed by atoms with Crippen LogP contribution in [0.5, 0.6) is 0 Å². The maximum atomic E-state index is 5.43. The third-order valence-electron chi connectivity index (χ3n) is 2.68. The highest BCUT2D eigenvalue weighted by atomic mass is 32.1. The SMILES string of the molecule is CCCNC(C)c1cnc(C(C)(C)OC)s1. The van der Waals surface area contributed by atoms with Crippen molar-refractivity contribution >= 4 is 11.3 Å². The van der Waals surface area contributed by atoms with Gasteiger partial charge >= 0.3 is 0 Å². The Morgan fingerprint density at radius 3 is 2.81 bits per heavy atom. The van der Waals surface area contributed by atoms with Crippen LogP contribution >= 0.6 is 11.3 Å². The molecule has 0 saturated heterocycles. The van der Waals surface area contributed by atoms with Gasteiger partial charge < -0.3 is 10.1 Å². The van der Waals surface area contributed by atoms with Crippen molar-refractivity contribution in [1.82, 2.24) is 10.3 Å². The monoisotopic (exact) mass is 242 g/mol. The van der Waals surface area contributed by atoms with Crippen molar-refractivity contribution in [3.63, 3.8) is 0 Å². The van der Waals surface area contributed by atoms with Gasteiger partial charge in [-0.15, -0.1) is 11.3 Å². The summed E-state index contributed by atoms with van der Waals surface area (Å²) in [7, 11) is 1.72. The molecule has 0 spiro atoms. The van der Waals surface area contributed by atoms with Crippen LogP contribution in [0.2, 0.25) is 0 Å². The van der Waals surface area contributed by atoms with Crippen molar-refractivity contribution in [3.8, 4) is 0 Å². The first-order chi connectivity index (χ1) is 7.51. The summed E-state index contributed by atoms with van der Waals surface area (Å²) >= 11 is 1.72. The van der Waals surface area contributed by atoms with E-state index >= 15 is 0 Å². The lowest BCUT2D eigenvalue weighted by Gasteiger charge is -2.19. The van der Waals surface area contributed by atoms with Gasteiger partial charge in [-0.1, -0.05) is 6.92 Å². The first-order valence-corrected chi connectivity index (χ1v) is 6.57. The molecule has 0 bridgehead atoms. The van der Waals surface area contributed by atoms with E-state index in [2.05, 4.69) is 24.1 Å². The van der Waals surface area contributed by atoms with Gasteiger partial charge in [0.25, 0.3) is 0 Å². The Morgan fingerprint density at radius 2 is 2.25 bits per heavy atom. The molecule has 0 radical (unpaired) electrons. The minimum Gasteiger partial charge on any atom is -0.372 e. The molecule has 4 heteroatoms. The van der Waals surface area contributed by atoms with E-state index in [1.807, 2.05) is 20.0 Å². The van der Waals surface area contributed by atoms with Crippen LogP contribution in [0.15, 0.2) is 6.20 Å². The number of hydrogen-bond acceptors (Lipinski definition) is 4. The van der Waals surface area contributed by atoms with E-state index in [4.69, 9.17) is 4.74 Å². The molecule has 0 saturated carbocycles. The maximum Gasteiger partial charge on any atom is 0.124 e. The van der Waals surface area contributed by atoms with Crippen LogP contribution in [0, 0.1) is 0 Å². The number of nitrogens with zero attached hydrogens (tertiary/aromatic N) is 1. The fourth-order valence-corrected chi connectivity index (χ4v) is 2.34. The second-order valence-electron chi connectivity index (χ2n) is 4.46. The summed E-state index contributed by atoms with van der Waals surface area (Å²) in [5.41, 5.74) is -0.284. The molecule has 1 atom stereocenters. The fraction of sp³-hybridized carbons (Fsp3) is 0.750. The zero-order valence-corrected chi connectivity index (χ0v) is 11.6. The van der Waals surface area contributed by atoms with Crippen LogP contribution in [-0.4, -0.2) is 18.6 Å². The van der Waals surface area contributed by atoms with E-state index in [0.29, 0.717) is 6.04 Å². The Balaban J connectivity index is 2.71. The van der Waals surface area contributed by atoms with Crippen LogP contribution < -0.4 is 5.32 Å². The van der Waals surface area contributed by atoms with Gasteiger partial charge in [0.2, 0.25) is 0 Å². The first kappa shape index (κ1) is 13.6. The minimum atomic E-state index is -0.284. The number of rotatable bonds is 6. The number of aromatic nitrogens is 1. The van der Waals surface area contributed by atoms with Gasteiger partial charge in [-0.2, -0.15) is 0 Å². The van der Waals surface area contributed by atoms with E-state index in [9.17, 15) is 0 Å². The van der Waals surface area contributed by atoms with E-state index in [1.54, 1.807) is 18.4 Å². The smallest absolute Gasteiger partial charge is 0.124 e. The number of hydrogen-bond donors (Lipinski definition) is 1. The highest BCUT2D eigenvalue weighted by Gasteiger charge is 2.24. The molecule has 92 valence electrons. The molecular weight excluding hydrogens is 220 g/mol. The summed E-state index contributed by atoms with van der Waals surface area (Å²) in [5, 5.41) is 4.50. The summed E-state index contributed by atoms with van der Waals surface area (Å²) < 4.78 is 5.43. The summed E-state index contributed by atoms with van der Waals surface area (Å²) in [5.74, 6) is 0. The molecular formula is C12H22N2OS. The molecule has 0 amide bonds. The zero-order valence-electron chi connectivity index (χ0n) is 10.8. The number of nitrogens with one attached hydrogen (secondary N) is 1. The standard InChI is InChI=1S/C12H22N2OS/c1-6-7-13-9(2)10-8-14-11(16-10)12(3,4)15-5/h8-9,13H,6-7H2,1-5H3. The zero-order chi connectivity index (χ0) is 12.2. The van der Waals surface area contributed by atoms with Gasteiger partial charge in [-0.05, 0) is 33.7 Å². The van der Waals surface area contributed by atoms with Crippen LogP contribution in [0.25, 0.3) is 0 Å². The normalized spacial score (nSPS) is 14.1. The van der Waals surface area contributed by atoms with Crippen LogP contribution in [0.3, 0.4) is 0 Å². The Kier molecular flexibility index (Phi) is 4.89. The van der Waals surface area contributed by atoms with Crippen LogP contribution in [-0.2, 0) is 10.3 Å². The second-order valence-corrected chi connectivity index (χ2v) is 5.52. The molecule has 1 heterocycles. The van der Waals surface area contributed by atoms with E-state index in [0.717, 1.165) is 18.0 Å². The van der Waals surface area contributed by atoms with Gasteiger partial charge in [0.05, 0.1) is 0 Å². The Hall–Kier alpha value is -0.450. The lowest BCUT2D eigenvalue weighted by Crippen LogP contribution is -2.19. The van der Waals surface area contributed by atoms with Crippen molar-refractivity contribution in [3.05, 3.63) is 16.1 Å². The summed E-state index contributed by atoms with van der Waals surface area (Å²) in [6.07, 6.45) is 3.10. The second kappa shape index (κ2) is 5.75. The Bertz CT molecular complexity index is 323. The highest BCUT2D eigenvalue weighted by molar-refractivity contribution is 7.11. The Morgan fingerprint density at radius 1 is 1.56 bits per heavy atom. The molecule has 0 aliphatic rings. The average Bonchev–Trinajstić information content (AvgIpc) is 2.75. The topological polar surface area (TPSA) is 34.2 Å². The maximum absolute atomic E-state index is 5.43. The summed E-state index contributed by atoms with van der Waals surface area (Å²) in [6, 6.07) is 0.374. The first-order valence-electron chi connectivity index (χ1n) is 5.76. The summed E-state index contributed by atoms with van der Waals surface area (Å²) in [4.78, 5) is 5.71. The molecule has 0 aliphatic carbocycles. The van der Waals surface area contributed by atoms with Crippen LogP contribution in [0.1, 0.15) is 50.0 Å². The van der Waals surface area contributed by atoms with Crippen molar-refractivity contribution in [2.45, 2.75) is 45.8 Å². The molecule has 0 fully saturated rings. The minimum absolute atomic E-state index is 0.284. The lowest BCUT2D eigenvalue weighted by molar-refractivity contribution is 0.0190. The van der Waals surface area contributed by atoms with Gasteiger partial charge in [0, 0.05) is 24.2 Å². The van der Waals surface area contributed by atoms with E-state index in [1.165, 1.54) is 4.88 Å². The molecule has 0 aromatic carbocycles. The lowest BCUT2D eigenvalue weighted by atomic mass is 10.1. The fourth-order valence-electron chi connectivity index (χ4n) is 1.31. The number of thiazole rings is 1. The number of ether oxygens (including phenoxy) is 1. The molecule has 16 heavy (non-hydrogen) atoms. The van der Waals surface area contributed by atoms with Crippen LogP contribution in [0.4, 0.5) is 0 Å².